The smallest absolute Gasteiger partial charge is 0.303 e. The summed E-state index contributed by atoms with van der Waals surface area (Å²) >= 11 is 0. The minimum Gasteiger partial charge on any atom is -0.481 e. The molecule has 0 aliphatic carbocycles. The highest BCUT2D eigenvalue weighted by Crippen LogP contribution is 2.21. The lowest BCUT2D eigenvalue weighted by atomic mass is 10.0. The van der Waals surface area contributed by atoms with E-state index in [4.69, 9.17) is 9.63 Å². The zero-order chi connectivity index (χ0) is 13.0. The van der Waals surface area contributed by atoms with Gasteiger partial charge in [0.1, 0.15) is 5.76 Å². The van der Waals surface area contributed by atoms with Gasteiger partial charge in [-0.2, -0.15) is 0 Å². The molecule has 17 heavy (non-hydrogen) atoms. The quantitative estimate of drug-likeness (QED) is 0.797. The molecule has 0 radical (unpaired) electrons. The van der Waals surface area contributed by atoms with Crippen LogP contribution in [0.3, 0.4) is 0 Å². The van der Waals surface area contributed by atoms with E-state index in [1.165, 1.54) is 0 Å². The Bertz CT molecular complexity index is 368. The van der Waals surface area contributed by atoms with Crippen LogP contribution in [0.5, 0.6) is 0 Å². The Morgan fingerprint density at radius 3 is 2.59 bits per heavy atom. The van der Waals surface area contributed by atoms with Crippen LogP contribution in [0, 0.1) is 13.8 Å². The van der Waals surface area contributed by atoms with E-state index in [1.807, 2.05) is 27.7 Å². The Labute approximate surface area is 101 Å². The van der Waals surface area contributed by atoms with Crippen LogP contribution in [0.2, 0.25) is 0 Å². The van der Waals surface area contributed by atoms with Crippen molar-refractivity contribution in [3.05, 3.63) is 17.0 Å². The van der Waals surface area contributed by atoms with Gasteiger partial charge in [-0.3, -0.25) is 4.79 Å². The van der Waals surface area contributed by atoms with E-state index in [1.54, 1.807) is 0 Å². The number of carbonyl (C=O) groups is 1. The molecule has 1 rings (SSSR count). The van der Waals surface area contributed by atoms with Crippen LogP contribution in [0.4, 0.5) is 0 Å². The molecule has 0 aliphatic rings. The zero-order valence-electron chi connectivity index (χ0n) is 10.8. The molecule has 0 aliphatic heterocycles. The van der Waals surface area contributed by atoms with E-state index in [2.05, 4.69) is 10.5 Å². The molecule has 1 aromatic rings. The lowest BCUT2D eigenvalue weighted by Gasteiger charge is -2.19. The van der Waals surface area contributed by atoms with Crippen molar-refractivity contribution in [1.82, 2.24) is 10.5 Å². The topological polar surface area (TPSA) is 75.4 Å². The number of aliphatic carboxylic acids is 1. The SMILES string of the molecule is Cc1noc(C)c1C(C)NC(C)CCC(=O)O. The van der Waals surface area contributed by atoms with Crippen molar-refractivity contribution >= 4 is 5.97 Å². The Morgan fingerprint density at radius 1 is 1.47 bits per heavy atom. The predicted molar refractivity (Wildman–Crippen MR) is 63.9 cm³/mol. The number of aryl methyl sites for hydroxylation is 2. The number of nitrogens with one attached hydrogen (secondary N) is 1. The molecule has 0 spiro atoms. The van der Waals surface area contributed by atoms with E-state index in [0.29, 0.717) is 6.42 Å². The van der Waals surface area contributed by atoms with Gasteiger partial charge in [-0.25, -0.2) is 0 Å². The Balaban J connectivity index is 2.54. The Morgan fingerprint density at radius 2 is 2.12 bits per heavy atom. The fraction of sp³-hybridized carbons (Fsp3) is 0.667. The highest BCUT2D eigenvalue weighted by molar-refractivity contribution is 5.66. The maximum absolute atomic E-state index is 10.5. The summed E-state index contributed by atoms with van der Waals surface area (Å²) < 4.78 is 5.11. The van der Waals surface area contributed by atoms with Crippen LogP contribution in [0.1, 0.15) is 49.7 Å². The second kappa shape index (κ2) is 5.82. The summed E-state index contributed by atoms with van der Waals surface area (Å²) in [5.41, 5.74) is 1.94. The number of rotatable bonds is 6. The van der Waals surface area contributed by atoms with E-state index in [9.17, 15) is 4.79 Å². The monoisotopic (exact) mass is 240 g/mol. The summed E-state index contributed by atoms with van der Waals surface area (Å²) in [6.45, 7) is 7.81. The van der Waals surface area contributed by atoms with Crippen molar-refractivity contribution in [3.63, 3.8) is 0 Å². The third kappa shape index (κ3) is 3.85. The first kappa shape index (κ1) is 13.7. The van der Waals surface area contributed by atoms with Crippen molar-refractivity contribution in [2.24, 2.45) is 0 Å². The Kier molecular flexibility index (Phi) is 4.69. The average molecular weight is 240 g/mol. The molecule has 5 heteroatoms. The number of hydrogen-bond donors (Lipinski definition) is 2. The molecule has 0 bridgehead atoms. The summed E-state index contributed by atoms with van der Waals surface area (Å²) in [6.07, 6.45) is 0.797. The van der Waals surface area contributed by atoms with Gasteiger partial charge in [0.2, 0.25) is 0 Å². The van der Waals surface area contributed by atoms with E-state index < -0.39 is 5.97 Å². The normalized spacial score (nSPS) is 14.6. The molecule has 2 atom stereocenters. The van der Waals surface area contributed by atoms with E-state index in [-0.39, 0.29) is 18.5 Å². The lowest BCUT2D eigenvalue weighted by molar-refractivity contribution is -0.137. The predicted octanol–water partition coefficient (Wildman–Crippen LogP) is 2.20. The minimum atomic E-state index is -0.761. The van der Waals surface area contributed by atoms with Crippen molar-refractivity contribution in [3.8, 4) is 0 Å². The Hall–Kier alpha value is -1.36. The third-order valence-corrected chi connectivity index (χ3v) is 2.85. The summed E-state index contributed by atoms with van der Waals surface area (Å²) in [6, 6.07) is 0.264. The summed E-state index contributed by atoms with van der Waals surface area (Å²) in [4.78, 5) is 10.5. The lowest BCUT2D eigenvalue weighted by Crippen LogP contribution is -2.30. The molecular weight excluding hydrogens is 220 g/mol. The van der Waals surface area contributed by atoms with Gasteiger partial charge in [0, 0.05) is 24.1 Å². The summed E-state index contributed by atoms with van der Waals surface area (Å²) in [5, 5.41) is 15.9. The average Bonchev–Trinajstić information content (AvgIpc) is 2.55. The molecule has 0 saturated carbocycles. The van der Waals surface area contributed by atoms with Gasteiger partial charge in [-0.15, -0.1) is 0 Å². The second-order valence-electron chi connectivity index (χ2n) is 4.46. The zero-order valence-corrected chi connectivity index (χ0v) is 10.8. The number of hydrogen-bond acceptors (Lipinski definition) is 4. The standard InChI is InChI=1S/C12H20N2O3/c1-7(5-6-11(15)16)13-8(2)12-9(3)14-17-10(12)4/h7-8,13H,5-6H2,1-4H3,(H,15,16). The molecule has 1 heterocycles. The first-order valence-electron chi connectivity index (χ1n) is 5.82. The van der Waals surface area contributed by atoms with E-state index in [0.717, 1.165) is 17.0 Å². The van der Waals surface area contributed by atoms with Crippen LogP contribution in [0.15, 0.2) is 4.52 Å². The van der Waals surface area contributed by atoms with Gasteiger partial charge in [-0.1, -0.05) is 5.16 Å². The van der Waals surface area contributed by atoms with Crippen molar-refractivity contribution in [2.75, 3.05) is 0 Å². The molecule has 0 amide bonds. The molecule has 0 aromatic carbocycles. The number of carboxylic acids is 1. The molecule has 0 fully saturated rings. The van der Waals surface area contributed by atoms with Gasteiger partial charge < -0.3 is 14.9 Å². The van der Waals surface area contributed by atoms with Gasteiger partial charge in [-0.05, 0) is 34.1 Å². The van der Waals surface area contributed by atoms with Crippen LogP contribution >= 0.6 is 0 Å². The van der Waals surface area contributed by atoms with Crippen LogP contribution < -0.4 is 5.32 Å². The molecule has 1 aromatic heterocycles. The maximum Gasteiger partial charge on any atom is 0.303 e. The highest BCUT2D eigenvalue weighted by Gasteiger charge is 2.18. The van der Waals surface area contributed by atoms with Gasteiger partial charge in [0.05, 0.1) is 5.69 Å². The van der Waals surface area contributed by atoms with Gasteiger partial charge >= 0.3 is 5.97 Å². The van der Waals surface area contributed by atoms with Crippen molar-refractivity contribution < 1.29 is 14.4 Å². The maximum atomic E-state index is 10.5. The van der Waals surface area contributed by atoms with Crippen LogP contribution in [-0.2, 0) is 4.79 Å². The van der Waals surface area contributed by atoms with Gasteiger partial charge in [0.25, 0.3) is 0 Å². The second-order valence-corrected chi connectivity index (χ2v) is 4.46. The fourth-order valence-corrected chi connectivity index (χ4v) is 2.04. The third-order valence-electron chi connectivity index (χ3n) is 2.85. The highest BCUT2D eigenvalue weighted by atomic mass is 16.5. The van der Waals surface area contributed by atoms with E-state index >= 15 is 0 Å². The molecule has 5 nitrogen and oxygen atoms in total. The van der Waals surface area contributed by atoms with Crippen molar-refractivity contribution in [1.29, 1.82) is 0 Å². The van der Waals surface area contributed by atoms with Crippen LogP contribution in [0.25, 0.3) is 0 Å². The molecule has 96 valence electrons. The minimum absolute atomic E-state index is 0.116. The van der Waals surface area contributed by atoms with Crippen molar-refractivity contribution in [2.45, 2.75) is 52.6 Å². The summed E-state index contributed by atoms with van der Waals surface area (Å²) in [7, 11) is 0. The van der Waals surface area contributed by atoms with Crippen LogP contribution in [-0.4, -0.2) is 22.3 Å². The number of carboxylic acid groups (broad SMARTS) is 1. The van der Waals surface area contributed by atoms with Gasteiger partial charge in [0.15, 0.2) is 0 Å². The molecule has 2 N–H and O–H groups in total. The largest absolute Gasteiger partial charge is 0.481 e. The molecule has 0 saturated heterocycles. The first-order valence-corrected chi connectivity index (χ1v) is 5.82. The number of nitrogens with zero attached hydrogens (tertiary/aromatic N) is 1. The molecule has 2 unspecified atom stereocenters. The summed E-state index contributed by atoms with van der Waals surface area (Å²) in [5.74, 6) is 0.0524. The number of aromatic nitrogens is 1. The fourth-order valence-electron chi connectivity index (χ4n) is 2.04. The molecular formula is C12H20N2O3. The first-order chi connectivity index (χ1) is 7.91.